The molecule has 1 aliphatic heterocycles. The lowest BCUT2D eigenvalue weighted by Crippen LogP contribution is -2.42. The number of hydrogen-bond acceptors (Lipinski definition) is 5. The fourth-order valence-corrected chi connectivity index (χ4v) is 4.44. The quantitative estimate of drug-likeness (QED) is 0.591. The van der Waals surface area contributed by atoms with E-state index < -0.39 is 10.2 Å². The maximum Gasteiger partial charge on any atom is 0.301 e. The van der Waals surface area contributed by atoms with E-state index in [4.69, 9.17) is 0 Å². The Kier molecular flexibility index (Phi) is 6.41. The molecule has 4 rings (SSSR count). The number of rotatable bonds is 7. The van der Waals surface area contributed by atoms with Crippen molar-refractivity contribution in [2.45, 2.75) is 25.4 Å². The van der Waals surface area contributed by atoms with Gasteiger partial charge in [0.2, 0.25) is 0 Å². The normalized spacial score (nSPS) is 15.5. The van der Waals surface area contributed by atoms with Crippen LogP contribution >= 0.6 is 0 Å². The van der Waals surface area contributed by atoms with Gasteiger partial charge in [0.25, 0.3) is 0 Å². The lowest BCUT2D eigenvalue weighted by Gasteiger charge is -2.34. The van der Waals surface area contributed by atoms with E-state index in [1.807, 2.05) is 36.5 Å². The number of anilines is 2. The Morgan fingerprint density at radius 2 is 1.81 bits per heavy atom. The van der Waals surface area contributed by atoms with Crippen LogP contribution in [0.2, 0.25) is 0 Å². The highest BCUT2D eigenvalue weighted by atomic mass is 32.2. The predicted molar refractivity (Wildman–Crippen MR) is 126 cm³/mol. The molecule has 2 N–H and O–H groups in total. The average molecular weight is 440 g/mol. The van der Waals surface area contributed by atoms with Crippen LogP contribution in [0.25, 0.3) is 10.9 Å². The van der Waals surface area contributed by atoms with Crippen molar-refractivity contribution in [2.24, 2.45) is 0 Å². The third kappa shape index (κ3) is 5.33. The van der Waals surface area contributed by atoms with Crippen molar-refractivity contribution in [1.82, 2.24) is 14.6 Å². The van der Waals surface area contributed by atoms with E-state index in [0.717, 1.165) is 48.0 Å². The van der Waals surface area contributed by atoms with Gasteiger partial charge in [-0.2, -0.15) is 12.7 Å². The molecule has 1 fully saturated rings. The van der Waals surface area contributed by atoms with E-state index in [1.165, 1.54) is 25.0 Å². The third-order valence-corrected chi connectivity index (χ3v) is 7.17. The number of nitrogens with one attached hydrogen (secondary N) is 2. The Morgan fingerprint density at radius 1 is 1.06 bits per heavy atom. The highest BCUT2D eigenvalue weighted by Gasteiger charge is 2.19. The second-order valence-electron chi connectivity index (χ2n) is 8.11. The summed E-state index contributed by atoms with van der Waals surface area (Å²) < 4.78 is 27.6. The number of aromatic nitrogens is 1. The minimum Gasteiger partial charge on any atom is -0.371 e. The van der Waals surface area contributed by atoms with Gasteiger partial charge in [-0.25, -0.2) is 0 Å². The molecule has 0 atom stereocenters. The summed E-state index contributed by atoms with van der Waals surface area (Å²) in [7, 11) is -0.468. The highest BCUT2D eigenvalue weighted by molar-refractivity contribution is 7.90. The van der Waals surface area contributed by atoms with Gasteiger partial charge in [-0.05, 0) is 60.9 Å². The molecule has 1 aliphatic rings. The molecular formula is C23H29N5O2S. The maximum atomic E-state index is 11.9. The molecule has 0 aliphatic carbocycles. The number of nitrogens with zero attached hydrogens (tertiary/aromatic N) is 3. The second-order valence-corrected chi connectivity index (χ2v) is 9.99. The number of fused-ring (bicyclic) bond motifs is 1. The summed E-state index contributed by atoms with van der Waals surface area (Å²) in [6, 6.07) is 18.6. The molecule has 0 radical (unpaired) electrons. The molecule has 2 aromatic carbocycles. The molecule has 3 aromatic rings. The molecule has 164 valence electrons. The molecule has 7 nitrogen and oxygen atoms in total. The highest BCUT2D eigenvalue weighted by Crippen LogP contribution is 2.23. The largest absolute Gasteiger partial charge is 0.371 e. The maximum absolute atomic E-state index is 11.9. The summed E-state index contributed by atoms with van der Waals surface area (Å²) in [5, 5.41) is 4.87. The zero-order valence-corrected chi connectivity index (χ0v) is 18.8. The summed E-state index contributed by atoms with van der Waals surface area (Å²) in [6.07, 6.45) is 3.97. The molecule has 1 saturated heterocycles. The number of benzene rings is 2. The Hall–Kier alpha value is -2.68. The van der Waals surface area contributed by atoms with Gasteiger partial charge in [0.15, 0.2) is 0 Å². The topological polar surface area (TPSA) is 77.6 Å². The SMILES string of the molecule is CN(C)S(=O)(=O)Nc1ccc(N2CCC(NCc3ccc4ncccc4c3)CC2)cc1. The van der Waals surface area contributed by atoms with Gasteiger partial charge in [0.1, 0.15) is 0 Å². The average Bonchev–Trinajstić information content (AvgIpc) is 2.78. The summed E-state index contributed by atoms with van der Waals surface area (Å²) in [5.41, 5.74) is 3.99. The number of piperidine rings is 1. The first-order valence-corrected chi connectivity index (χ1v) is 12.0. The van der Waals surface area contributed by atoms with E-state index in [2.05, 4.69) is 44.2 Å². The number of pyridine rings is 1. The van der Waals surface area contributed by atoms with Gasteiger partial charge in [-0.3, -0.25) is 9.71 Å². The molecule has 0 saturated carbocycles. The van der Waals surface area contributed by atoms with Crippen LogP contribution in [-0.4, -0.2) is 50.9 Å². The second kappa shape index (κ2) is 9.21. The van der Waals surface area contributed by atoms with Crippen LogP contribution in [0.3, 0.4) is 0 Å². The Balaban J connectivity index is 1.28. The van der Waals surface area contributed by atoms with Crippen molar-refractivity contribution in [3.05, 3.63) is 66.4 Å². The van der Waals surface area contributed by atoms with Crippen LogP contribution < -0.4 is 14.9 Å². The number of hydrogen-bond donors (Lipinski definition) is 2. The Labute approximate surface area is 184 Å². The van der Waals surface area contributed by atoms with E-state index in [9.17, 15) is 8.42 Å². The van der Waals surface area contributed by atoms with Gasteiger partial charge >= 0.3 is 10.2 Å². The van der Waals surface area contributed by atoms with Crippen molar-refractivity contribution in [3.8, 4) is 0 Å². The first-order chi connectivity index (χ1) is 14.9. The molecule has 0 unspecified atom stereocenters. The first kappa shape index (κ1) is 21.5. The van der Waals surface area contributed by atoms with E-state index in [0.29, 0.717) is 11.7 Å². The lowest BCUT2D eigenvalue weighted by molar-refractivity contribution is 0.414. The monoisotopic (exact) mass is 439 g/mol. The van der Waals surface area contributed by atoms with E-state index >= 15 is 0 Å². The fourth-order valence-electron chi connectivity index (χ4n) is 3.82. The third-order valence-electron chi connectivity index (χ3n) is 5.72. The van der Waals surface area contributed by atoms with Gasteiger partial charge in [0.05, 0.1) is 5.52 Å². The van der Waals surface area contributed by atoms with Crippen molar-refractivity contribution < 1.29 is 8.42 Å². The zero-order chi connectivity index (χ0) is 21.8. The minimum absolute atomic E-state index is 0.493. The van der Waals surface area contributed by atoms with Crippen LogP contribution in [0.1, 0.15) is 18.4 Å². The smallest absolute Gasteiger partial charge is 0.301 e. The van der Waals surface area contributed by atoms with Crippen LogP contribution in [0, 0.1) is 0 Å². The predicted octanol–water partition coefficient (Wildman–Crippen LogP) is 3.21. The van der Waals surface area contributed by atoms with E-state index in [-0.39, 0.29) is 0 Å². The Bertz CT molecular complexity index is 1120. The van der Waals surface area contributed by atoms with Crippen molar-refractivity contribution in [3.63, 3.8) is 0 Å². The van der Waals surface area contributed by atoms with Crippen molar-refractivity contribution in [2.75, 3.05) is 36.8 Å². The molecule has 8 heteroatoms. The summed E-state index contributed by atoms with van der Waals surface area (Å²) in [4.78, 5) is 6.73. The van der Waals surface area contributed by atoms with Gasteiger partial charge in [-0.15, -0.1) is 0 Å². The van der Waals surface area contributed by atoms with Crippen molar-refractivity contribution in [1.29, 1.82) is 0 Å². The minimum atomic E-state index is -3.48. The van der Waals surface area contributed by atoms with Crippen molar-refractivity contribution >= 4 is 32.5 Å². The molecule has 0 bridgehead atoms. The molecule has 31 heavy (non-hydrogen) atoms. The summed E-state index contributed by atoms with van der Waals surface area (Å²) >= 11 is 0. The lowest BCUT2D eigenvalue weighted by atomic mass is 10.0. The van der Waals surface area contributed by atoms with Gasteiger partial charge in [0, 0.05) is 62.7 Å². The Morgan fingerprint density at radius 3 is 2.52 bits per heavy atom. The molecular weight excluding hydrogens is 410 g/mol. The van der Waals surface area contributed by atoms with Crippen LogP contribution in [0.4, 0.5) is 11.4 Å². The molecule has 2 heterocycles. The first-order valence-electron chi connectivity index (χ1n) is 10.5. The summed E-state index contributed by atoms with van der Waals surface area (Å²) in [6.45, 7) is 2.81. The van der Waals surface area contributed by atoms with Crippen LogP contribution in [0.5, 0.6) is 0 Å². The molecule has 1 aromatic heterocycles. The molecule has 0 spiro atoms. The van der Waals surface area contributed by atoms with Crippen LogP contribution in [0.15, 0.2) is 60.8 Å². The standard InChI is InChI=1S/C23H29N5O2S/c1-27(2)31(29,30)26-21-6-8-22(9-7-21)28-14-11-20(12-15-28)25-17-18-5-10-23-19(16-18)4-3-13-24-23/h3-10,13,16,20,25-26H,11-12,14-15,17H2,1-2H3. The van der Waals surface area contributed by atoms with Gasteiger partial charge < -0.3 is 10.2 Å². The molecule has 0 amide bonds. The van der Waals surface area contributed by atoms with E-state index in [1.54, 1.807) is 0 Å². The summed E-state index contributed by atoms with van der Waals surface area (Å²) in [5.74, 6) is 0. The van der Waals surface area contributed by atoms with Crippen LogP contribution in [-0.2, 0) is 16.8 Å². The zero-order valence-electron chi connectivity index (χ0n) is 18.0. The fraction of sp³-hybridized carbons (Fsp3) is 0.348. The van der Waals surface area contributed by atoms with Gasteiger partial charge in [-0.1, -0.05) is 12.1 Å².